The van der Waals surface area contributed by atoms with E-state index in [4.69, 9.17) is 0 Å². The van der Waals surface area contributed by atoms with Crippen LogP contribution in [0.25, 0.3) is 0 Å². The second-order valence-corrected chi connectivity index (χ2v) is 7.15. The summed E-state index contributed by atoms with van der Waals surface area (Å²) in [7, 11) is 2.09. The van der Waals surface area contributed by atoms with Crippen molar-refractivity contribution in [2.75, 3.05) is 20.1 Å². The Balaban J connectivity index is 1.57. The smallest absolute Gasteiger partial charge is 0.274 e. The van der Waals surface area contributed by atoms with Crippen LogP contribution in [-0.2, 0) is 26.1 Å². The first-order chi connectivity index (χ1) is 12.6. The van der Waals surface area contributed by atoms with Gasteiger partial charge in [-0.1, -0.05) is 0 Å². The number of rotatable bonds is 1. The van der Waals surface area contributed by atoms with Gasteiger partial charge in [-0.05, 0) is 44.0 Å². The molecule has 0 unspecified atom stereocenters. The number of nitriles is 1. The Bertz CT molecular complexity index is 909. The average Bonchev–Trinajstić information content (AvgIpc) is 2.94. The Morgan fingerprint density at radius 2 is 2.12 bits per heavy atom. The van der Waals surface area contributed by atoms with Crippen LogP contribution in [0, 0.1) is 18.3 Å². The summed E-state index contributed by atoms with van der Waals surface area (Å²) in [4.78, 5) is 21.3. The molecule has 0 aromatic carbocycles. The topological polar surface area (TPSA) is 78.0 Å². The molecule has 7 nitrogen and oxygen atoms in total. The van der Waals surface area contributed by atoms with Crippen LogP contribution in [-0.4, -0.2) is 50.6 Å². The lowest BCUT2D eigenvalue weighted by Gasteiger charge is -2.28. The van der Waals surface area contributed by atoms with E-state index in [9.17, 15) is 10.1 Å². The van der Waals surface area contributed by atoms with E-state index in [-0.39, 0.29) is 5.91 Å². The van der Waals surface area contributed by atoms with E-state index >= 15 is 0 Å². The summed E-state index contributed by atoms with van der Waals surface area (Å²) < 4.78 is 1.97. The third kappa shape index (κ3) is 2.86. The molecule has 4 heterocycles. The number of pyridine rings is 1. The number of carbonyl (C=O) groups excluding carboxylic acids is 1. The van der Waals surface area contributed by atoms with E-state index < -0.39 is 0 Å². The minimum Gasteiger partial charge on any atom is -0.333 e. The molecule has 0 fully saturated rings. The van der Waals surface area contributed by atoms with E-state index in [1.165, 1.54) is 0 Å². The third-order valence-corrected chi connectivity index (χ3v) is 5.28. The Hall–Kier alpha value is -2.72. The van der Waals surface area contributed by atoms with Crippen molar-refractivity contribution in [3.63, 3.8) is 0 Å². The fraction of sp³-hybridized carbons (Fsp3) is 0.474. The van der Waals surface area contributed by atoms with Crippen LogP contribution in [0.15, 0.2) is 12.3 Å². The molecule has 0 atom stereocenters. The fourth-order valence-electron chi connectivity index (χ4n) is 3.86. The molecule has 26 heavy (non-hydrogen) atoms. The lowest BCUT2D eigenvalue weighted by atomic mass is 9.95. The van der Waals surface area contributed by atoms with Gasteiger partial charge in [-0.3, -0.25) is 14.5 Å². The Morgan fingerprint density at radius 1 is 1.27 bits per heavy atom. The second kappa shape index (κ2) is 6.54. The van der Waals surface area contributed by atoms with E-state index in [0.29, 0.717) is 30.8 Å². The molecule has 1 amide bonds. The molecule has 2 aromatic heterocycles. The number of nitrogens with zero attached hydrogens (tertiary/aromatic N) is 6. The zero-order valence-corrected chi connectivity index (χ0v) is 15.2. The lowest BCUT2D eigenvalue weighted by molar-refractivity contribution is 0.0727. The molecule has 0 N–H and O–H groups in total. The lowest BCUT2D eigenvalue weighted by Crippen LogP contribution is -2.36. The van der Waals surface area contributed by atoms with Crippen molar-refractivity contribution in [2.45, 2.75) is 39.4 Å². The standard InChI is InChI=1S/C19H22N6O/c1-13-17(9-20)16-4-7-24(11-14(16)10-21-13)19(26)18-8-15-12-23(2)5-3-6-25(15)22-18/h8,10H,3-7,11-12H2,1-2H3. The van der Waals surface area contributed by atoms with Crippen LogP contribution in [0.2, 0.25) is 0 Å². The zero-order valence-electron chi connectivity index (χ0n) is 15.2. The van der Waals surface area contributed by atoms with Crippen LogP contribution < -0.4 is 0 Å². The molecular formula is C19H22N6O. The van der Waals surface area contributed by atoms with Gasteiger partial charge < -0.3 is 9.80 Å². The number of fused-ring (bicyclic) bond motifs is 2. The quantitative estimate of drug-likeness (QED) is 0.779. The van der Waals surface area contributed by atoms with Gasteiger partial charge in [-0.15, -0.1) is 0 Å². The van der Waals surface area contributed by atoms with Crippen molar-refractivity contribution in [2.24, 2.45) is 0 Å². The number of amides is 1. The Labute approximate surface area is 152 Å². The first kappa shape index (κ1) is 16.7. The number of hydrogen-bond acceptors (Lipinski definition) is 5. The average molecular weight is 350 g/mol. The predicted octanol–water partition coefficient (Wildman–Crippen LogP) is 1.49. The van der Waals surface area contributed by atoms with E-state index in [0.717, 1.165) is 48.6 Å². The number of aryl methyl sites for hydroxylation is 2. The van der Waals surface area contributed by atoms with Gasteiger partial charge in [0, 0.05) is 38.9 Å². The summed E-state index contributed by atoms with van der Waals surface area (Å²) in [5.74, 6) is -0.0436. The third-order valence-electron chi connectivity index (χ3n) is 5.28. The first-order valence-corrected chi connectivity index (χ1v) is 8.99. The second-order valence-electron chi connectivity index (χ2n) is 7.15. The summed E-state index contributed by atoms with van der Waals surface area (Å²) in [5, 5.41) is 13.9. The number of hydrogen-bond donors (Lipinski definition) is 0. The van der Waals surface area contributed by atoms with Crippen LogP contribution in [0.4, 0.5) is 0 Å². The molecule has 0 spiro atoms. The van der Waals surface area contributed by atoms with E-state index in [1.807, 2.05) is 22.6 Å². The molecule has 7 heteroatoms. The van der Waals surface area contributed by atoms with Crippen LogP contribution in [0.1, 0.15) is 45.0 Å². The molecule has 4 rings (SSSR count). The molecule has 0 radical (unpaired) electrons. The van der Waals surface area contributed by atoms with Gasteiger partial charge in [0.1, 0.15) is 6.07 Å². The zero-order chi connectivity index (χ0) is 18.3. The molecule has 0 aliphatic carbocycles. The van der Waals surface area contributed by atoms with Crippen molar-refractivity contribution < 1.29 is 4.79 Å². The fourth-order valence-corrected chi connectivity index (χ4v) is 3.86. The highest BCUT2D eigenvalue weighted by atomic mass is 16.2. The number of aromatic nitrogens is 3. The van der Waals surface area contributed by atoms with Gasteiger partial charge in [-0.25, -0.2) is 0 Å². The minimum absolute atomic E-state index is 0.0436. The van der Waals surface area contributed by atoms with Gasteiger partial charge in [0.05, 0.1) is 17.0 Å². The van der Waals surface area contributed by atoms with Crippen LogP contribution in [0.5, 0.6) is 0 Å². The molecule has 134 valence electrons. The SMILES string of the molecule is Cc1ncc2c(c1C#N)CCN(C(=O)c1cc3n(n1)CCCN(C)C3)C2. The molecule has 2 aliphatic heterocycles. The highest BCUT2D eigenvalue weighted by molar-refractivity contribution is 5.92. The summed E-state index contributed by atoms with van der Waals surface area (Å²) in [6, 6.07) is 4.18. The van der Waals surface area contributed by atoms with Crippen LogP contribution in [0.3, 0.4) is 0 Å². The summed E-state index contributed by atoms with van der Waals surface area (Å²) >= 11 is 0. The summed E-state index contributed by atoms with van der Waals surface area (Å²) in [6.07, 6.45) is 3.52. The highest BCUT2D eigenvalue weighted by Gasteiger charge is 2.27. The summed E-state index contributed by atoms with van der Waals surface area (Å²) in [6.45, 7) is 5.65. The van der Waals surface area contributed by atoms with E-state index in [1.54, 1.807) is 6.20 Å². The van der Waals surface area contributed by atoms with Gasteiger partial charge in [0.2, 0.25) is 0 Å². The predicted molar refractivity (Wildman–Crippen MR) is 95.3 cm³/mol. The minimum atomic E-state index is -0.0436. The molecule has 0 saturated carbocycles. The Kier molecular flexibility index (Phi) is 4.21. The van der Waals surface area contributed by atoms with Crippen molar-refractivity contribution in [1.29, 1.82) is 5.26 Å². The maximum absolute atomic E-state index is 13.0. The van der Waals surface area contributed by atoms with Gasteiger partial charge in [0.25, 0.3) is 5.91 Å². The first-order valence-electron chi connectivity index (χ1n) is 8.99. The van der Waals surface area contributed by atoms with Gasteiger partial charge in [-0.2, -0.15) is 10.4 Å². The molecular weight excluding hydrogens is 328 g/mol. The van der Waals surface area contributed by atoms with Crippen molar-refractivity contribution in [3.8, 4) is 6.07 Å². The van der Waals surface area contributed by atoms with Gasteiger partial charge >= 0.3 is 0 Å². The Morgan fingerprint density at radius 3 is 2.92 bits per heavy atom. The molecule has 2 aliphatic rings. The molecule has 0 bridgehead atoms. The van der Waals surface area contributed by atoms with E-state index in [2.05, 4.69) is 28.1 Å². The highest BCUT2D eigenvalue weighted by Crippen LogP contribution is 2.24. The normalized spacial score (nSPS) is 17.2. The van der Waals surface area contributed by atoms with Gasteiger partial charge in [0.15, 0.2) is 5.69 Å². The molecule has 2 aromatic rings. The van der Waals surface area contributed by atoms with Crippen molar-refractivity contribution >= 4 is 5.91 Å². The van der Waals surface area contributed by atoms with Crippen LogP contribution >= 0.6 is 0 Å². The molecule has 0 saturated heterocycles. The summed E-state index contributed by atoms with van der Waals surface area (Å²) in [5.41, 5.74) is 5.02. The maximum atomic E-state index is 13.0. The monoisotopic (exact) mass is 350 g/mol. The largest absolute Gasteiger partial charge is 0.333 e. The van der Waals surface area contributed by atoms with Crippen molar-refractivity contribution in [1.82, 2.24) is 24.6 Å². The van der Waals surface area contributed by atoms with Crippen molar-refractivity contribution in [3.05, 3.63) is 46.0 Å². The maximum Gasteiger partial charge on any atom is 0.274 e. The number of carbonyl (C=O) groups is 1.